The number of hydrogen-bond acceptors (Lipinski definition) is 6. The van der Waals surface area contributed by atoms with Crippen LogP contribution in [0.15, 0.2) is 41.9 Å². The van der Waals surface area contributed by atoms with Gasteiger partial charge in [0.1, 0.15) is 19.0 Å². The highest BCUT2D eigenvalue weighted by atomic mass is 35.5. The zero-order valence-corrected chi connectivity index (χ0v) is 15.6. The molecule has 1 aliphatic heterocycles. The number of anilines is 1. The summed E-state index contributed by atoms with van der Waals surface area (Å²) in [6.45, 7) is 4.29. The third-order valence-electron chi connectivity index (χ3n) is 3.84. The van der Waals surface area contributed by atoms with Crippen molar-refractivity contribution in [1.29, 1.82) is 0 Å². The Kier molecular flexibility index (Phi) is 5.65. The third kappa shape index (κ3) is 3.82. The zero-order valence-electron chi connectivity index (χ0n) is 14.0. The zero-order chi connectivity index (χ0) is 17.8. The van der Waals surface area contributed by atoms with E-state index in [0.29, 0.717) is 28.8 Å². The number of nitrogens with one attached hydrogen (secondary N) is 1. The second-order valence-corrected chi connectivity index (χ2v) is 7.31. The average molecular weight is 379 g/mol. The van der Waals surface area contributed by atoms with Crippen molar-refractivity contribution in [2.45, 2.75) is 19.9 Å². The Morgan fingerprint density at radius 2 is 2.32 bits per heavy atom. The molecular weight excluding hydrogens is 360 g/mol. The van der Waals surface area contributed by atoms with Crippen LogP contribution in [0.4, 0.5) is 5.95 Å². The molecule has 1 aliphatic rings. The van der Waals surface area contributed by atoms with Crippen LogP contribution in [0, 0.1) is 0 Å². The van der Waals surface area contributed by atoms with E-state index >= 15 is 0 Å². The molecule has 3 rings (SSSR count). The van der Waals surface area contributed by atoms with Crippen LogP contribution in [0.5, 0.6) is 0 Å². The van der Waals surface area contributed by atoms with Gasteiger partial charge in [-0.2, -0.15) is 21.8 Å². The molecule has 0 unspecified atom stereocenters. The summed E-state index contributed by atoms with van der Waals surface area (Å²) < 4.78 is 7.15. The molecule has 1 aromatic carbocycles. The third-order valence-corrected chi connectivity index (χ3v) is 4.94. The standard InChI is InChI=1S/C17H19ClN4O2S/c1-3-25-8-7-24-16(23)14-11(2)21-17-19-10-20-22(17)15(14)12-5-4-6-13(18)9-12/h4-6,9-10,15H,3,7-8H2,1-2H3,(H,19,20,21)/t15-/m1/s1. The smallest absolute Gasteiger partial charge is 0.338 e. The maximum Gasteiger partial charge on any atom is 0.338 e. The van der Waals surface area contributed by atoms with Crippen LogP contribution in [-0.2, 0) is 9.53 Å². The van der Waals surface area contributed by atoms with Crippen LogP contribution in [0.3, 0.4) is 0 Å². The highest BCUT2D eigenvalue weighted by molar-refractivity contribution is 7.99. The van der Waals surface area contributed by atoms with Crippen LogP contribution in [-0.4, -0.2) is 38.8 Å². The predicted molar refractivity (Wildman–Crippen MR) is 99.9 cm³/mol. The highest BCUT2D eigenvalue weighted by Gasteiger charge is 2.34. The van der Waals surface area contributed by atoms with Crippen molar-refractivity contribution in [3.05, 3.63) is 52.4 Å². The number of benzene rings is 1. The minimum atomic E-state index is -0.427. The van der Waals surface area contributed by atoms with E-state index < -0.39 is 6.04 Å². The van der Waals surface area contributed by atoms with Crippen molar-refractivity contribution >= 4 is 35.3 Å². The van der Waals surface area contributed by atoms with Gasteiger partial charge in [-0.1, -0.05) is 30.7 Å². The Balaban J connectivity index is 1.94. The molecule has 8 heteroatoms. The number of carbonyl (C=O) groups excluding carboxylic acids is 1. The Labute approximate surface area is 155 Å². The minimum absolute atomic E-state index is 0.354. The first-order chi connectivity index (χ1) is 12.1. The second kappa shape index (κ2) is 7.93. The van der Waals surface area contributed by atoms with Crippen LogP contribution in [0.1, 0.15) is 25.5 Å². The summed E-state index contributed by atoms with van der Waals surface area (Å²) in [6, 6.07) is 6.97. The molecular formula is C17H19ClN4O2S. The number of aromatic nitrogens is 3. The molecule has 0 radical (unpaired) electrons. The first kappa shape index (κ1) is 17.8. The highest BCUT2D eigenvalue weighted by Crippen LogP contribution is 2.35. The minimum Gasteiger partial charge on any atom is -0.461 e. The maximum atomic E-state index is 12.7. The van der Waals surface area contributed by atoms with Gasteiger partial charge in [0.2, 0.25) is 5.95 Å². The van der Waals surface area contributed by atoms with E-state index in [1.807, 2.05) is 25.1 Å². The molecule has 2 aromatic rings. The fourth-order valence-electron chi connectivity index (χ4n) is 2.76. The van der Waals surface area contributed by atoms with Gasteiger partial charge in [-0.15, -0.1) is 0 Å². The monoisotopic (exact) mass is 378 g/mol. The number of hydrogen-bond donors (Lipinski definition) is 1. The van der Waals surface area contributed by atoms with Gasteiger partial charge in [-0.3, -0.25) is 0 Å². The van der Waals surface area contributed by atoms with Gasteiger partial charge in [0.25, 0.3) is 0 Å². The van der Waals surface area contributed by atoms with Gasteiger partial charge in [0.15, 0.2) is 0 Å². The number of thioether (sulfide) groups is 1. The van der Waals surface area contributed by atoms with Gasteiger partial charge >= 0.3 is 5.97 Å². The Bertz CT molecular complexity index is 805. The van der Waals surface area contributed by atoms with E-state index in [1.54, 1.807) is 22.5 Å². The van der Waals surface area contributed by atoms with Gasteiger partial charge in [-0.25, -0.2) is 9.48 Å². The molecule has 1 aromatic heterocycles. The summed E-state index contributed by atoms with van der Waals surface area (Å²) in [5, 5.41) is 7.99. The van der Waals surface area contributed by atoms with Crippen molar-refractivity contribution in [1.82, 2.24) is 14.8 Å². The van der Waals surface area contributed by atoms with E-state index in [-0.39, 0.29) is 5.97 Å². The quantitative estimate of drug-likeness (QED) is 0.612. The Morgan fingerprint density at radius 3 is 3.08 bits per heavy atom. The molecule has 0 spiro atoms. The van der Waals surface area contributed by atoms with Crippen molar-refractivity contribution in [2.24, 2.45) is 0 Å². The Hall–Kier alpha value is -1.99. The number of ether oxygens (including phenoxy) is 1. The number of allylic oxidation sites excluding steroid dienone is 1. The lowest BCUT2D eigenvalue weighted by Crippen LogP contribution is -2.30. The van der Waals surface area contributed by atoms with Crippen LogP contribution >= 0.6 is 23.4 Å². The molecule has 0 saturated heterocycles. The first-order valence-electron chi connectivity index (χ1n) is 7.99. The molecule has 1 N–H and O–H groups in total. The summed E-state index contributed by atoms with van der Waals surface area (Å²) in [4.78, 5) is 17.0. The van der Waals surface area contributed by atoms with Crippen molar-refractivity contribution < 1.29 is 9.53 Å². The summed E-state index contributed by atoms with van der Waals surface area (Å²) >= 11 is 7.88. The lowest BCUT2D eigenvalue weighted by atomic mass is 9.96. The summed E-state index contributed by atoms with van der Waals surface area (Å²) in [7, 11) is 0. The van der Waals surface area contributed by atoms with E-state index in [1.165, 1.54) is 6.33 Å². The first-order valence-corrected chi connectivity index (χ1v) is 9.52. The van der Waals surface area contributed by atoms with Gasteiger partial charge in [-0.05, 0) is 30.4 Å². The Morgan fingerprint density at radius 1 is 1.48 bits per heavy atom. The molecule has 0 fully saturated rings. The molecule has 0 saturated carbocycles. The normalized spacial score (nSPS) is 16.4. The van der Waals surface area contributed by atoms with Crippen LogP contribution in [0.2, 0.25) is 5.02 Å². The average Bonchev–Trinajstić information content (AvgIpc) is 3.05. The number of halogens is 1. The molecule has 2 heterocycles. The molecule has 132 valence electrons. The number of carbonyl (C=O) groups is 1. The van der Waals surface area contributed by atoms with Crippen LogP contribution in [0.25, 0.3) is 0 Å². The SMILES string of the molecule is CCSCCOC(=O)C1=C(C)Nc2ncnn2[C@@H]1c1cccc(Cl)c1. The fraction of sp³-hybridized carbons (Fsp3) is 0.353. The molecule has 0 bridgehead atoms. The molecule has 25 heavy (non-hydrogen) atoms. The lowest BCUT2D eigenvalue weighted by molar-refractivity contribution is -0.138. The number of rotatable bonds is 6. The lowest BCUT2D eigenvalue weighted by Gasteiger charge is -2.28. The molecule has 1 atom stereocenters. The van der Waals surface area contributed by atoms with E-state index in [4.69, 9.17) is 16.3 Å². The number of fused-ring (bicyclic) bond motifs is 1. The predicted octanol–water partition coefficient (Wildman–Crippen LogP) is 3.52. The molecule has 0 aliphatic carbocycles. The number of esters is 1. The molecule has 6 nitrogen and oxygen atoms in total. The van der Waals surface area contributed by atoms with E-state index in [2.05, 4.69) is 22.3 Å². The summed E-state index contributed by atoms with van der Waals surface area (Å²) in [5.74, 6) is 2.00. The van der Waals surface area contributed by atoms with Crippen LogP contribution < -0.4 is 5.32 Å². The van der Waals surface area contributed by atoms with Crippen molar-refractivity contribution in [2.75, 3.05) is 23.4 Å². The van der Waals surface area contributed by atoms with Crippen molar-refractivity contribution in [3.8, 4) is 0 Å². The summed E-state index contributed by atoms with van der Waals surface area (Å²) in [5.41, 5.74) is 2.08. The molecule has 0 amide bonds. The maximum absolute atomic E-state index is 12.7. The summed E-state index contributed by atoms with van der Waals surface area (Å²) in [6.07, 6.45) is 1.46. The largest absolute Gasteiger partial charge is 0.461 e. The van der Waals surface area contributed by atoms with Crippen molar-refractivity contribution in [3.63, 3.8) is 0 Å². The number of nitrogens with zero attached hydrogens (tertiary/aromatic N) is 3. The van der Waals surface area contributed by atoms with Gasteiger partial charge in [0.05, 0.1) is 5.57 Å². The van der Waals surface area contributed by atoms with Gasteiger partial charge in [0, 0.05) is 16.5 Å². The van der Waals surface area contributed by atoms with Gasteiger partial charge < -0.3 is 10.1 Å². The topological polar surface area (TPSA) is 69.0 Å². The fourth-order valence-corrected chi connectivity index (χ4v) is 3.44. The second-order valence-electron chi connectivity index (χ2n) is 5.48. The van der Waals surface area contributed by atoms with E-state index in [9.17, 15) is 4.79 Å². The van der Waals surface area contributed by atoms with E-state index in [0.717, 1.165) is 17.1 Å².